The molecule has 0 radical (unpaired) electrons. The standard InChI is InChI=1S/C19H20Cl2F4N4O/c1-12-17(21)18(19(23,24)25)26-29(12)5-4-16(30)28-8-6-27(7-9-28)11-13-2-3-14(22)10-15(13)20/h2-3,10H,4-9,11H2,1H3. The Morgan fingerprint density at radius 1 is 1.17 bits per heavy atom. The van der Waals surface area contributed by atoms with Gasteiger partial charge in [0, 0.05) is 44.2 Å². The fraction of sp³-hybridized carbons (Fsp3) is 0.474. The molecule has 0 spiro atoms. The number of piperazine rings is 1. The number of carbonyl (C=O) groups is 1. The van der Waals surface area contributed by atoms with Crippen molar-refractivity contribution in [3.05, 3.63) is 51.0 Å². The number of aryl methyl sites for hydroxylation is 1. The van der Waals surface area contributed by atoms with Gasteiger partial charge in [0.1, 0.15) is 5.82 Å². The highest BCUT2D eigenvalue weighted by Gasteiger charge is 2.38. The summed E-state index contributed by atoms with van der Waals surface area (Å²) in [4.78, 5) is 16.3. The van der Waals surface area contributed by atoms with Gasteiger partial charge in [-0.05, 0) is 24.6 Å². The van der Waals surface area contributed by atoms with Crippen LogP contribution in [0.5, 0.6) is 0 Å². The number of hydrogen-bond donors (Lipinski definition) is 0. The van der Waals surface area contributed by atoms with E-state index in [1.807, 2.05) is 0 Å². The number of hydrogen-bond acceptors (Lipinski definition) is 3. The van der Waals surface area contributed by atoms with E-state index < -0.39 is 22.7 Å². The SMILES string of the molecule is Cc1c(Cl)c(C(F)(F)F)nn1CCC(=O)N1CCN(Cc2ccc(F)cc2Cl)CC1. The smallest absolute Gasteiger partial charge is 0.340 e. The number of benzene rings is 1. The number of alkyl halides is 3. The zero-order valence-corrected chi connectivity index (χ0v) is 17.7. The maximum atomic E-state index is 13.2. The molecule has 2 aromatic rings. The molecule has 5 nitrogen and oxygen atoms in total. The molecular weight excluding hydrogens is 447 g/mol. The van der Waals surface area contributed by atoms with E-state index in [4.69, 9.17) is 23.2 Å². The minimum Gasteiger partial charge on any atom is -0.340 e. The first kappa shape index (κ1) is 22.8. The summed E-state index contributed by atoms with van der Waals surface area (Å²) >= 11 is 11.8. The third kappa shape index (κ3) is 5.25. The van der Waals surface area contributed by atoms with Crippen LogP contribution in [0, 0.1) is 12.7 Å². The number of rotatable bonds is 5. The largest absolute Gasteiger partial charge is 0.436 e. The molecular formula is C19H20Cl2F4N4O. The van der Waals surface area contributed by atoms with Crippen LogP contribution in [0.1, 0.15) is 23.4 Å². The molecule has 1 aliphatic heterocycles. The Hall–Kier alpha value is -1.84. The second-order valence-corrected chi connectivity index (χ2v) is 7.90. The van der Waals surface area contributed by atoms with E-state index in [0.29, 0.717) is 37.7 Å². The van der Waals surface area contributed by atoms with Gasteiger partial charge < -0.3 is 4.90 Å². The van der Waals surface area contributed by atoms with Crippen molar-refractivity contribution in [1.82, 2.24) is 19.6 Å². The molecule has 0 atom stereocenters. The number of carbonyl (C=O) groups excluding carboxylic acids is 1. The summed E-state index contributed by atoms with van der Waals surface area (Å²) in [6.07, 6.45) is -4.61. The van der Waals surface area contributed by atoms with Gasteiger partial charge in [0.25, 0.3) is 0 Å². The van der Waals surface area contributed by atoms with Crippen LogP contribution in [0.3, 0.4) is 0 Å². The summed E-state index contributed by atoms with van der Waals surface area (Å²) in [5.41, 5.74) is -0.149. The molecule has 164 valence electrons. The Morgan fingerprint density at radius 2 is 1.83 bits per heavy atom. The molecule has 0 saturated carbocycles. The number of aromatic nitrogens is 2. The highest BCUT2D eigenvalue weighted by Crippen LogP contribution is 2.35. The molecule has 1 aromatic carbocycles. The zero-order chi connectivity index (χ0) is 22.1. The number of nitrogens with zero attached hydrogens (tertiary/aromatic N) is 4. The van der Waals surface area contributed by atoms with Crippen molar-refractivity contribution in [3.63, 3.8) is 0 Å². The van der Waals surface area contributed by atoms with Crippen molar-refractivity contribution in [2.24, 2.45) is 0 Å². The summed E-state index contributed by atoms with van der Waals surface area (Å²) in [5.74, 6) is -0.552. The predicted octanol–water partition coefficient (Wildman–Crippen LogP) is 4.39. The first-order valence-electron chi connectivity index (χ1n) is 9.30. The Morgan fingerprint density at radius 3 is 2.40 bits per heavy atom. The molecule has 0 aliphatic carbocycles. The van der Waals surface area contributed by atoms with Crippen molar-refractivity contribution >= 4 is 29.1 Å². The van der Waals surface area contributed by atoms with E-state index in [2.05, 4.69) is 10.00 Å². The second-order valence-electron chi connectivity index (χ2n) is 7.11. The summed E-state index contributed by atoms with van der Waals surface area (Å²) in [6, 6.07) is 4.26. The minimum atomic E-state index is -4.64. The van der Waals surface area contributed by atoms with Gasteiger partial charge in [-0.1, -0.05) is 29.3 Å². The van der Waals surface area contributed by atoms with E-state index in [0.717, 1.165) is 10.2 Å². The fourth-order valence-corrected chi connectivity index (χ4v) is 3.80. The van der Waals surface area contributed by atoms with Crippen molar-refractivity contribution in [2.45, 2.75) is 32.6 Å². The summed E-state index contributed by atoms with van der Waals surface area (Å²) in [7, 11) is 0. The van der Waals surface area contributed by atoms with Gasteiger partial charge in [-0.25, -0.2) is 4.39 Å². The van der Waals surface area contributed by atoms with E-state index in [-0.39, 0.29) is 24.6 Å². The Bertz CT molecular complexity index is 924. The molecule has 3 rings (SSSR count). The van der Waals surface area contributed by atoms with Gasteiger partial charge in [-0.15, -0.1) is 0 Å². The fourth-order valence-electron chi connectivity index (χ4n) is 3.33. The van der Waals surface area contributed by atoms with E-state index >= 15 is 0 Å². The maximum Gasteiger partial charge on any atom is 0.436 e. The molecule has 0 bridgehead atoms. The van der Waals surface area contributed by atoms with Crippen molar-refractivity contribution in [1.29, 1.82) is 0 Å². The molecule has 1 amide bonds. The van der Waals surface area contributed by atoms with Gasteiger partial charge in [0.15, 0.2) is 5.69 Å². The van der Waals surface area contributed by atoms with Gasteiger partial charge in [0.05, 0.1) is 17.3 Å². The molecule has 1 aromatic heterocycles. The molecule has 30 heavy (non-hydrogen) atoms. The lowest BCUT2D eigenvalue weighted by atomic mass is 10.2. The van der Waals surface area contributed by atoms with Crippen molar-refractivity contribution in [2.75, 3.05) is 26.2 Å². The first-order valence-corrected chi connectivity index (χ1v) is 10.1. The van der Waals surface area contributed by atoms with Crippen LogP contribution in [0.15, 0.2) is 18.2 Å². The van der Waals surface area contributed by atoms with Crippen LogP contribution in [0.4, 0.5) is 17.6 Å². The van der Waals surface area contributed by atoms with Crippen LogP contribution in [-0.2, 0) is 24.1 Å². The Kier molecular flexibility index (Phi) is 6.94. The van der Waals surface area contributed by atoms with E-state index in [9.17, 15) is 22.4 Å². The average Bonchev–Trinajstić information content (AvgIpc) is 2.97. The molecule has 11 heteroatoms. The second kappa shape index (κ2) is 9.11. The van der Waals surface area contributed by atoms with Crippen LogP contribution in [0.25, 0.3) is 0 Å². The highest BCUT2D eigenvalue weighted by atomic mass is 35.5. The lowest BCUT2D eigenvalue weighted by molar-refractivity contribution is -0.141. The lowest BCUT2D eigenvalue weighted by Gasteiger charge is -2.35. The topological polar surface area (TPSA) is 41.4 Å². The van der Waals surface area contributed by atoms with E-state index in [1.54, 1.807) is 11.0 Å². The third-order valence-corrected chi connectivity index (χ3v) is 5.88. The van der Waals surface area contributed by atoms with Gasteiger partial charge in [-0.2, -0.15) is 18.3 Å². The Balaban J connectivity index is 1.51. The maximum absolute atomic E-state index is 13.2. The zero-order valence-electron chi connectivity index (χ0n) is 16.1. The monoisotopic (exact) mass is 466 g/mol. The average molecular weight is 467 g/mol. The van der Waals surface area contributed by atoms with Crippen LogP contribution in [0.2, 0.25) is 10.0 Å². The number of amides is 1. The molecule has 0 N–H and O–H groups in total. The Labute approximate surface area is 181 Å². The molecule has 1 fully saturated rings. The first-order chi connectivity index (χ1) is 14.1. The van der Waals surface area contributed by atoms with E-state index in [1.165, 1.54) is 19.1 Å². The molecule has 1 saturated heterocycles. The summed E-state index contributed by atoms with van der Waals surface area (Å²) < 4.78 is 53.0. The molecule has 1 aliphatic rings. The molecule has 0 unspecified atom stereocenters. The van der Waals surface area contributed by atoms with Crippen LogP contribution >= 0.6 is 23.2 Å². The van der Waals surface area contributed by atoms with Crippen LogP contribution < -0.4 is 0 Å². The quantitative estimate of drug-likeness (QED) is 0.613. The van der Waals surface area contributed by atoms with Crippen LogP contribution in [-0.4, -0.2) is 51.7 Å². The third-order valence-electron chi connectivity index (χ3n) is 5.07. The normalized spacial score (nSPS) is 15.6. The minimum absolute atomic E-state index is 0.0197. The highest BCUT2D eigenvalue weighted by molar-refractivity contribution is 6.32. The number of halogens is 6. The van der Waals surface area contributed by atoms with Crippen molar-refractivity contribution < 1.29 is 22.4 Å². The lowest BCUT2D eigenvalue weighted by Crippen LogP contribution is -2.48. The predicted molar refractivity (Wildman–Crippen MR) is 105 cm³/mol. The van der Waals surface area contributed by atoms with Crippen molar-refractivity contribution in [3.8, 4) is 0 Å². The van der Waals surface area contributed by atoms with Gasteiger partial charge in [0.2, 0.25) is 5.91 Å². The summed E-state index contributed by atoms with van der Waals surface area (Å²) in [6.45, 7) is 4.22. The van der Waals surface area contributed by atoms with Gasteiger partial charge >= 0.3 is 6.18 Å². The van der Waals surface area contributed by atoms with Gasteiger partial charge in [-0.3, -0.25) is 14.4 Å². The summed E-state index contributed by atoms with van der Waals surface area (Å²) in [5, 5.41) is 3.43. The molecule has 2 heterocycles.